The summed E-state index contributed by atoms with van der Waals surface area (Å²) in [5, 5.41) is 10.7. The molecule has 2 aromatic heterocycles. The van der Waals surface area contributed by atoms with Crippen LogP contribution in [0.3, 0.4) is 0 Å². The number of H-pyrrole nitrogens is 1. The van der Waals surface area contributed by atoms with Crippen LogP contribution < -0.4 is 5.73 Å². The van der Waals surface area contributed by atoms with Crippen LogP contribution in [0.4, 0.5) is 5.69 Å². The smallest absolute Gasteiger partial charge is 0.347 e. The van der Waals surface area contributed by atoms with E-state index >= 15 is 0 Å². The molecule has 0 saturated carbocycles. The summed E-state index contributed by atoms with van der Waals surface area (Å²) in [5.41, 5.74) is 8.90. The number of nitrogens with two attached hydrogens (primary N) is 1. The number of rotatable bonds is 2. The van der Waals surface area contributed by atoms with Crippen molar-refractivity contribution < 1.29 is 9.90 Å². The first-order chi connectivity index (χ1) is 9.06. The van der Waals surface area contributed by atoms with Crippen molar-refractivity contribution in [1.82, 2.24) is 9.97 Å². The molecule has 0 unspecified atom stereocenters. The van der Waals surface area contributed by atoms with Crippen molar-refractivity contribution in [1.29, 1.82) is 0 Å². The Bertz CT molecular complexity index is 788. The Morgan fingerprint density at radius 3 is 2.95 bits per heavy atom. The van der Waals surface area contributed by atoms with Crippen molar-refractivity contribution >= 4 is 33.9 Å². The molecule has 0 bridgehead atoms. The number of aryl methyl sites for hydroxylation is 1. The maximum absolute atomic E-state index is 11.0. The largest absolute Gasteiger partial charge is 0.477 e. The van der Waals surface area contributed by atoms with Crippen molar-refractivity contribution in [3.05, 3.63) is 35.0 Å². The van der Waals surface area contributed by atoms with E-state index in [1.54, 1.807) is 13.1 Å². The average molecular weight is 273 g/mol. The van der Waals surface area contributed by atoms with Crippen LogP contribution in [0.1, 0.15) is 15.4 Å². The zero-order chi connectivity index (χ0) is 13.6. The molecule has 0 amide bonds. The van der Waals surface area contributed by atoms with Crippen LogP contribution >= 0.6 is 11.3 Å². The van der Waals surface area contributed by atoms with Gasteiger partial charge in [0.15, 0.2) is 0 Å². The van der Waals surface area contributed by atoms with Crippen molar-refractivity contribution in [3.63, 3.8) is 0 Å². The lowest BCUT2D eigenvalue weighted by atomic mass is 10.1. The summed E-state index contributed by atoms with van der Waals surface area (Å²) in [7, 11) is 0. The molecule has 0 saturated heterocycles. The zero-order valence-corrected chi connectivity index (χ0v) is 10.9. The first-order valence-electron chi connectivity index (χ1n) is 5.64. The van der Waals surface area contributed by atoms with Gasteiger partial charge in [-0.15, -0.1) is 11.3 Å². The average Bonchev–Trinajstić information content (AvgIpc) is 2.93. The molecule has 0 radical (unpaired) electrons. The molecule has 3 rings (SSSR count). The molecule has 0 spiro atoms. The van der Waals surface area contributed by atoms with E-state index in [0.717, 1.165) is 16.5 Å². The molecule has 4 N–H and O–H groups in total. The number of carboxylic acids is 1. The van der Waals surface area contributed by atoms with Gasteiger partial charge in [-0.25, -0.2) is 9.78 Å². The van der Waals surface area contributed by atoms with Gasteiger partial charge in [0.2, 0.25) is 0 Å². The minimum absolute atomic E-state index is 0.275. The van der Waals surface area contributed by atoms with Crippen LogP contribution in [-0.2, 0) is 0 Å². The number of carboxylic acid groups (broad SMARTS) is 1. The van der Waals surface area contributed by atoms with E-state index in [9.17, 15) is 4.79 Å². The maximum Gasteiger partial charge on any atom is 0.347 e. The number of aromatic nitrogens is 2. The summed E-state index contributed by atoms with van der Waals surface area (Å²) in [4.78, 5) is 18.7. The van der Waals surface area contributed by atoms with Gasteiger partial charge in [-0.3, -0.25) is 0 Å². The first kappa shape index (κ1) is 11.7. The second-order valence-corrected chi connectivity index (χ2v) is 5.24. The Kier molecular flexibility index (Phi) is 2.53. The van der Waals surface area contributed by atoms with E-state index in [0.29, 0.717) is 16.4 Å². The Morgan fingerprint density at radius 1 is 1.47 bits per heavy atom. The summed E-state index contributed by atoms with van der Waals surface area (Å²) in [5.74, 6) is -0.941. The fraction of sp³-hybridized carbons (Fsp3) is 0.0769. The third-order valence-corrected chi connectivity index (χ3v) is 4.15. The summed E-state index contributed by atoms with van der Waals surface area (Å²) in [6.45, 7) is 1.70. The van der Waals surface area contributed by atoms with Gasteiger partial charge in [-0.1, -0.05) is 0 Å². The predicted molar refractivity (Wildman–Crippen MR) is 75.5 cm³/mol. The molecule has 0 aliphatic carbocycles. The number of nitrogens with one attached hydrogen (secondary N) is 1. The Labute approximate surface area is 112 Å². The minimum Gasteiger partial charge on any atom is -0.477 e. The topological polar surface area (TPSA) is 92.0 Å². The number of fused-ring (bicyclic) bond motifs is 1. The highest BCUT2D eigenvalue weighted by Crippen LogP contribution is 2.31. The number of hydrogen-bond donors (Lipinski definition) is 3. The van der Waals surface area contributed by atoms with Crippen molar-refractivity contribution in [3.8, 4) is 10.6 Å². The molecule has 0 fully saturated rings. The number of thiazole rings is 1. The highest BCUT2D eigenvalue weighted by molar-refractivity contribution is 7.17. The van der Waals surface area contributed by atoms with Crippen LogP contribution in [0.15, 0.2) is 24.4 Å². The van der Waals surface area contributed by atoms with Crippen LogP contribution in [0.5, 0.6) is 0 Å². The standard InChI is InChI=1S/C13H11N3O2S/c1-6-11(13(17)18)19-12(16-6)7-2-3-10-8(4-7)9(14)5-15-10/h2-5,15H,14H2,1H3,(H,17,18). The second-order valence-electron chi connectivity index (χ2n) is 4.24. The van der Waals surface area contributed by atoms with Crippen molar-refractivity contribution in [2.24, 2.45) is 0 Å². The van der Waals surface area contributed by atoms with E-state index in [1.165, 1.54) is 11.3 Å². The molecule has 5 nitrogen and oxygen atoms in total. The molecule has 3 aromatic rings. The predicted octanol–water partition coefficient (Wildman–Crippen LogP) is 2.88. The third-order valence-electron chi connectivity index (χ3n) is 2.95. The number of benzene rings is 1. The lowest BCUT2D eigenvalue weighted by Crippen LogP contribution is -1.94. The molecular weight excluding hydrogens is 262 g/mol. The van der Waals surface area contributed by atoms with E-state index in [1.807, 2.05) is 18.2 Å². The molecule has 19 heavy (non-hydrogen) atoms. The van der Waals surface area contributed by atoms with Gasteiger partial charge in [-0.2, -0.15) is 0 Å². The third kappa shape index (κ3) is 1.86. The van der Waals surface area contributed by atoms with Crippen LogP contribution in [0, 0.1) is 6.92 Å². The molecule has 0 aliphatic heterocycles. The second kappa shape index (κ2) is 4.10. The lowest BCUT2D eigenvalue weighted by molar-refractivity contribution is 0.0701. The molecule has 6 heteroatoms. The van der Waals surface area contributed by atoms with Gasteiger partial charge in [0, 0.05) is 22.7 Å². The number of nitrogens with zero attached hydrogens (tertiary/aromatic N) is 1. The fourth-order valence-corrected chi connectivity index (χ4v) is 2.89. The number of carbonyl (C=O) groups is 1. The summed E-state index contributed by atoms with van der Waals surface area (Å²) in [6.07, 6.45) is 1.74. The highest BCUT2D eigenvalue weighted by atomic mass is 32.1. The number of hydrogen-bond acceptors (Lipinski definition) is 4. The van der Waals surface area contributed by atoms with Gasteiger partial charge in [0.1, 0.15) is 9.88 Å². The van der Waals surface area contributed by atoms with Crippen molar-refractivity contribution in [2.45, 2.75) is 6.92 Å². The molecule has 0 aliphatic rings. The number of aromatic amines is 1. The number of anilines is 1. The molecule has 2 heterocycles. The maximum atomic E-state index is 11.0. The summed E-state index contributed by atoms with van der Waals surface area (Å²) < 4.78 is 0. The lowest BCUT2D eigenvalue weighted by Gasteiger charge is -1.97. The van der Waals surface area contributed by atoms with Gasteiger partial charge in [0.25, 0.3) is 0 Å². The van der Waals surface area contributed by atoms with Crippen LogP contribution in [0.2, 0.25) is 0 Å². The zero-order valence-electron chi connectivity index (χ0n) is 10.1. The van der Waals surface area contributed by atoms with Gasteiger partial charge in [0.05, 0.1) is 11.4 Å². The van der Waals surface area contributed by atoms with E-state index in [-0.39, 0.29) is 4.88 Å². The first-order valence-corrected chi connectivity index (χ1v) is 6.45. The van der Waals surface area contributed by atoms with Gasteiger partial charge in [-0.05, 0) is 25.1 Å². The monoisotopic (exact) mass is 273 g/mol. The Hall–Kier alpha value is -2.34. The normalized spacial score (nSPS) is 11.0. The summed E-state index contributed by atoms with van der Waals surface area (Å²) in [6, 6.07) is 5.74. The van der Waals surface area contributed by atoms with Gasteiger partial charge < -0.3 is 15.8 Å². The van der Waals surface area contributed by atoms with E-state index in [2.05, 4.69) is 9.97 Å². The molecule has 96 valence electrons. The number of aromatic carboxylic acids is 1. The fourth-order valence-electron chi connectivity index (χ4n) is 1.99. The highest BCUT2D eigenvalue weighted by Gasteiger charge is 2.15. The molecular formula is C13H11N3O2S. The minimum atomic E-state index is -0.941. The van der Waals surface area contributed by atoms with Crippen LogP contribution in [0.25, 0.3) is 21.5 Å². The molecule has 1 aromatic carbocycles. The quantitative estimate of drug-likeness (QED) is 0.669. The van der Waals surface area contributed by atoms with Crippen molar-refractivity contribution in [2.75, 3.05) is 5.73 Å². The van der Waals surface area contributed by atoms with E-state index < -0.39 is 5.97 Å². The molecule has 0 atom stereocenters. The SMILES string of the molecule is Cc1nc(-c2ccc3[nH]cc(N)c3c2)sc1C(=O)O. The van der Waals surface area contributed by atoms with Gasteiger partial charge >= 0.3 is 5.97 Å². The number of nitrogen functional groups attached to an aromatic ring is 1. The van der Waals surface area contributed by atoms with E-state index in [4.69, 9.17) is 10.8 Å². The Balaban J connectivity index is 2.15. The van der Waals surface area contributed by atoms with Crippen LogP contribution in [-0.4, -0.2) is 21.0 Å². The summed E-state index contributed by atoms with van der Waals surface area (Å²) >= 11 is 1.18. The Morgan fingerprint density at radius 2 is 2.26 bits per heavy atom.